The molecule has 0 aliphatic heterocycles. The van der Waals surface area contributed by atoms with Crippen LogP contribution in [-0.2, 0) is 4.79 Å². The summed E-state index contributed by atoms with van der Waals surface area (Å²) in [6.07, 6.45) is 0. The molecule has 5 nitrogen and oxygen atoms in total. The standard InChI is InChI=1S/C7H3F2NO4/c8-4-1-2-5(10(12)13)6(9)7(4)14-3-11/h1-3H. The van der Waals surface area contributed by atoms with Gasteiger partial charge in [-0.05, 0) is 6.07 Å². The topological polar surface area (TPSA) is 69.4 Å². The van der Waals surface area contributed by atoms with Crippen molar-refractivity contribution in [2.75, 3.05) is 0 Å². The fraction of sp³-hybridized carbons (Fsp3) is 0. The van der Waals surface area contributed by atoms with E-state index in [1.165, 1.54) is 0 Å². The van der Waals surface area contributed by atoms with Crippen LogP contribution in [0.2, 0.25) is 0 Å². The lowest BCUT2D eigenvalue weighted by molar-refractivity contribution is -0.387. The van der Waals surface area contributed by atoms with E-state index in [1.807, 2.05) is 0 Å². The molecule has 14 heavy (non-hydrogen) atoms. The van der Waals surface area contributed by atoms with E-state index in [9.17, 15) is 23.7 Å². The van der Waals surface area contributed by atoms with E-state index in [0.29, 0.717) is 12.1 Å². The summed E-state index contributed by atoms with van der Waals surface area (Å²) in [5.41, 5.74) is -0.955. The molecule has 1 aromatic carbocycles. The molecule has 0 amide bonds. The molecule has 0 N–H and O–H groups in total. The van der Waals surface area contributed by atoms with E-state index in [-0.39, 0.29) is 6.47 Å². The van der Waals surface area contributed by atoms with Crippen LogP contribution in [0.25, 0.3) is 0 Å². The second-order valence-corrected chi connectivity index (χ2v) is 2.18. The van der Waals surface area contributed by atoms with Gasteiger partial charge in [0.2, 0.25) is 11.6 Å². The van der Waals surface area contributed by atoms with Gasteiger partial charge in [-0.25, -0.2) is 4.39 Å². The third-order valence-corrected chi connectivity index (χ3v) is 1.39. The summed E-state index contributed by atoms with van der Waals surface area (Å²) < 4.78 is 29.7. The van der Waals surface area contributed by atoms with Gasteiger partial charge in [-0.3, -0.25) is 14.9 Å². The van der Waals surface area contributed by atoms with Gasteiger partial charge in [0, 0.05) is 6.07 Å². The SMILES string of the molecule is O=COc1c(F)ccc([N+](=O)[O-])c1F. The molecule has 0 aromatic heterocycles. The van der Waals surface area contributed by atoms with Crippen molar-refractivity contribution in [3.63, 3.8) is 0 Å². The number of carbonyl (C=O) groups is 1. The third kappa shape index (κ3) is 1.65. The van der Waals surface area contributed by atoms with Crippen molar-refractivity contribution in [3.05, 3.63) is 33.9 Å². The Bertz CT molecular complexity index is 394. The molecule has 1 aromatic rings. The number of rotatable bonds is 3. The van der Waals surface area contributed by atoms with Crippen molar-refractivity contribution in [3.8, 4) is 5.75 Å². The van der Waals surface area contributed by atoms with Crippen molar-refractivity contribution < 1.29 is 23.2 Å². The average molecular weight is 203 g/mol. The molecule has 1 rings (SSSR count). The molecule has 0 heterocycles. The van der Waals surface area contributed by atoms with Crippen LogP contribution >= 0.6 is 0 Å². The third-order valence-electron chi connectivity index (χ3n) is 1.39. The highest BCUT2D eigenvalue weighted by atomic mass is 19.1. The monoisotopic (exact) mass is 203 g/mol. The largest absolute Gasteiger partial charge is 0.422 e. The number of carbonyl (C=O) groups excluding carboxylic acids is 1. The maximum Gasteiger partial charge on any atom is 0.308 e. The fourth-order valence-electron chi connectivity index (χ4n) is 0.819. The number of benzene rings is 1. The van der Waals surface area contributed by atoms with Gasteiger partial charge < -0.3 is 4.74 Å². The lowest BCUT2D eigenvalue weighted by Crippen LogP contribution is -2.00. The fourth-order valence-corrected chi connectivity index (χ4v) is 0.819. The van der Waals surface area contributed by atoms with E-state index in [4.69, 9.17) is 0 Å². The molecular weight excluding hydrogens is 200 g/mol. The molecule has 0 radical (unpaired) electrons. The minimum absolute atomic E-state index is 0.217. The van der Waals surface area contributed by atoms with E-state index in [1.54, 1.807) is 0 Å². The molecule has 0 unspecified atom stereocenters. The number of nitro benzene ring substituents is 1. The molecule has 0 saturated heterocycles. The van der Waals surface area contributed by atoms with Gasteiger partial charge in [0.1, 0.15) is 0 Å². The van der Waals surface area contributed by atoms with Crippen molar-refractivity contribution in [1.82, 2.24) is 0 Å². The summed E-state index contributed by atoms with van der Waals surface area (Å²) >= 11 is 0. The Balaban J connectivity index is 3.32. The van der Waals surface area contributed by atoms with Crippen LogP contribution in [-0.4, -0.2) is 11.4 Å². The molecule has 0 saturated carbocycles. The number of hydrogen-bond donors (Lipinski definition) is 0. The van der Waals surface area contributed by atoms with Crippen LogP contribution in [0.4, 0.5) is 14.5 Å². The van der Waals surface area contributed by atoms with Gasteiger partial charge >= 0.3 is 5.69 Å². The zero-order valence-corrected chi connectivity index (χ0v) is 6.57. The Morgan fingerprint density at radius 3 is 2.57 bits per heavy atom. The Kier molecular flexibility index (Phi) is 2.70. The molecule has 0 aliphatic rings. The predicted octanol–water partition coefficient (Wildman–Crippen LogP) is 1.41. The molecular formula is C7H3F2NO4. The van der Waals surface area contributed by atoms with Gasteiger partial charge in [-0.15, -0.1) is 0 Å². The minimum Gasteiger partial charge on any atom is -0.422 e. The molecule has 7 heteroatoms. The molecule has 0 fully saturated rings. The predicted molar refractivity (Wildman–Crippen MR) is 39.7 cm³/mol. The second kappa shape index (κ2) is 3.77. The molecule has 0 atom stereocenters. The highest BCUT2D eigenvalue weighted by Crippen LogP contribution is 2.28. The molecule has 0 aliphatic carbocycles. The van der Waals surface area contributed by atoms with Gasteiger partial charge in [-0.1, -0.05) is 0 Å². The van der Waals surface area contributed by atoms with Crippen LogP contribution < -0.4 is 4.74 Å². The van der Waals surface area contributed by atoms with Crippen molar-refractivity contribution >= 4 is 12.2 Å². The highest BCUT2D eigenvalue weighted by molar-refractivity contribution is 5.50. The molecule has 0 bridgehead atoms. The van der Waals surface area contributed by atoms with E-state index in [2.05, 4.69) is 4.74 Å². The Hall–Kier alpha value is -2.05. The lowest BCUT2D eigenvalue weighted by Gasteiger charge is -2.01. The van der Waals surface area contributed by atoms with E-state index in [0.717, 1.165) is 0 Å². The first-order chi connectivity index (χ1) is 6.57. The maximum absolute atomic E-state index is 13.0. The highest BCUT2D eigenvalue weighted by Gasteiger charge is 2.22. The summed E-state index contributed by atoms with van der Waals surface area (Å²) in [7, 11) is 0. The lowest BCUT2D eigenvalue weighted by atomic mass is 10.3. The molecule has 0 spiro atoms. The number of hydrogen-bond acceptors (Lipinski definition) is 4. The normalized spacial score (nSPS) is 9.57. The van der Waals surface area contributed by atoms with Gasteiger partial charge in [0.05, 0.1) is 4.92 Å². The first-order valence-electron chi connectivity index (χ1n) is 3.30. The van der Waals surface area contributed by atoms with E-state index < -0.39 is 28.0 Å². The summed E-state index contributed by atoms with van der Waals surface area (Å²) in [6, 6.07) is 1.28. The number of halogens is 2. The first-order valence-corrected chi connectivity index (χ1v) is 3.30. The summed E-state index contributed by atoms with van der Waals surface area (Å²) in [4.78, 5) is 19.0. The van der Waals surface area contributed by atoms with Crippen LogP contribution in [0.3, 0.4) is 0 Å². The van der Waals surface area contributed by atoms with Gasteiger partial charge in [-0.2, -0.15) is 4.39 Å². The van der Waals surface area contributed by atoms with Gasteiger partial charge in [0.15, 0.2) is 5.82 Å². The Morgan fingerprint density at radius 2 is 2.07 bits per heavy atom. The quantitative estimate of drug-likeness (QED) is 0.423. The first kappa shape index (κ1) is 10.0. The van der Waals surface area contributed by atoms with Crippen molar-refractivity contribution in [2.45, 2.75) is 0 Å². The van der Waals surface area contributed by atoms with Gasteiger partial charge in [0.25, 0.3) is 6.47 Å². The maximum atomic E-state index is 13.0. The smallest absolute Gasteiger partial charge is 0.308 e. The van der Waals surface area contributed by atoms with Crippen molar-refractivity contribution in [2.24, 2.45) is 0 Å². The average Bonchev–Trinajstić information content (AvgIpc) is 2.11. The Morgan fingerprint density at radius 1 is 1.43 bits per heavy atom. The van der Waals surface area contributed by atoms with Crippen LogP contribution in [0.1, 0.15) is 0 Å². The summed E-state index contributed by atoms with van der Waals surface area (Å²) in [5, 5.41) is 10.2. The number of ether oxygens (including phenoxy) is 1. The van der Waals surface area contributed by atoms with Crippen LogP contribution in [0, 0.1) is 21.7 Å². The van der Waals surface area contributed by atoms with Crippen LogP contribution in [0.15, 0.2) is 12.1 Å². The zero-order valence-electron chi connectivity index (χ0n) is 6.57. The Labute approximate surface area is 76.1 Å². The van der Waals surface area contributed by atoms with E-state index >= 15 is 0 Å². The summed E-state index contributed by atoms with van der Waals surface area (Å²) in [5.74, 6) is -3.77. The second-order valence-electron chi connectivity index (χ2n) is 2.18. The van der Waals surface area contributed by atoms with Crippen molar-refractivity contribution in [1.29, 1.82) is 0 Å². The minimum atomic E-state index is -1.51. The number of nitro groups is 1. The number of nitrogens with zero attached hydrogens (tertiary/aromatic N) is 1. The molecule has 74 valence electrons. The zero-order chi connectivity index (χ0) is 10.7. The van der Waals surface area contributed by atoms with Crippen LogP contribution in [0.5, 0.6) is 5.75 Å². The summed E-state index contributed by atoms with van der Waals surface area (Å²) in [6.45, 7) is -0.217.